The van der Waals surface area contributed by atoms with E-state index in [-0.39, 0.29) is 12.2 Å². The number of aromatic nitrogens is 2. The first kappa shape index (κ1) is 12.6. The highest BCUT2D eigenvalue weighted by molar-refractivity contribution is 9.10. The second-order valence-corrected chi connectivity index (χ2v) is 4.33. The molecule has 2 aromatic rings. The SMILES string of the molecule is Cc1noc(COc2ccc(Br)c(C(=O)O)c2)n1. The average Bonchev–Trinajstić information content (AvgIpc) is 2.74. The first-order valence-corrected chi connectivity index (χ1v) is 5.80. The highest BCUT2D eigenvalue weighted by Crippen LogP contribution is 2.23. The number of aromatic carboxylic acids is 1. The van der Waals surface area contributed by atoms with E-state index in [1.807, 2.05) is 0 Å². The maximum Gasteiger partial charge on any atom is 0.336 e. The molecule has 0 aliphatic rings. The zero-order valence-electron chi connectivity index (χ0n) is 9.38. The fourth-order valence-electron chi connectivity index (χ4n) is 1.30. The molecule has 0 amide bonds. The molecule has 0 saturated carbocycles. The Kier molecular flexibility index (Phi) is 3.61. The quantitative estimate of drug-likeness (QED) is 0.933. The van der Waals surface area contributed by atoms with Gasteiger partial charge < -0.3 is 14.4 Å². The van der Waals surface area contributed by atoms with Crippen molar-refractivity contribution in [1.29, 1.82) is 0 Å². The van der Waals surface area contributed by atoms with Crippen molar-refractivity contribution >= 4 is 21.9 Å². The van der Waals surface area contributed by atoms with Crippen LogP contribution in [0.3, 0.4) is 0 Å². The van der Waals surface area contributed by atoms with Gasteiger partial charge in [-0.3, -0.25) is 0 Å². The molecule has 2 rings (SSSR count). The number of ether oxygens (including phenoxy) is 1. The molecule has 1 N–H and O–H groups in total. The van der Waals surface area contributed by atoms with E-state index < -0.39 is 5.97 Å². The number of benzene rings is 1. The Morgan fingerprint density at radius 2 is 2.33 bits per heavy atom. The zero-order chi connectivity index (χ0) is 13.1. The van der Waals surface area contributed by atoms with E-state index >= 15 is 0 Å². The molecule has 0 radical (unpaired) electrons. The van der Waals surface area contributed by atoms with Crippen LogP contribution in [0.15, 0.2) is 27.2 Å². The van der Waals surface area contributed by atoms with Gasteiger partial charge in [-0.2, -0.15) is 4.98 Å². The predicted molar refractivity (Wildman–Crippen MR) is 64.5 cm³/mol. The Hall–Kier alpha value is -1.89. The molecule has 0 unspecified atom stereocenters. The topological polar surface area (TPSA) is 85.5 Å². The minimum absolute atomic E-state index is 0.0987. The monoisotopic (exact) mass is 312 g/mol. The molecular weight excluding hydrogens is 304 g/mol. The number of rotatable bonds is 4. The highest BCUT2D eigenvalue weighted by Gasteiger charge is 2.10. The van der Waals surface area contributed by atoms with Crippen LogP contribution in [0.25, 0.3) is 0 Å². The molecule has 0 bridgehead atoms. The van der Waals surface area contributed by atoms with Crippen LogP contribution in [0.5, 0.6) is 5.75 Å². The summed E-state index contributed by atoms with van der Waals surface area (Å²) in [5, 5.41) is 12.6. The van der Waals surface area contributed by atoms with Crippen molar-refractivity contribution in [2.45, 2.75) is 13.5 Å². The van der Waals surface area contributed by atoms with Crippen LogP contribution in [0, 0.1) is 6.92 Å². The number of nitrogens with zero attached hydrogens (tertiary/aromatic N) is 2. The summed E-state index contributed by atoms with van der Waals surface area (Å²) < 4.78 is 10.7. The highest BCUT2D eigenvalue weighted by atomic mass is 79.9. The number of carboxylic acids is 1. The van der Waals surface area contributed by atoms with Gasteiger partial charge in [-0.25, -0.2) is 4.79 Å². The second-order valence-electron chi connectivity index (χ2n) is 3.47. The van der Waals surface area contributed by atoms with Gasteiger partial charge in [0.25, 0.3) is 5.89 Å². The van der Waals surface area contributed by atoms with Gasteiger partial charge in [0.05, 0.1) is 5.56 Å². The lowest BCUT2D eigenvalue weighted by molar-refractivity contribution is 0.0695. The van der Waals surface area contributed by atoms with Crippen LogP contribution in [0.1, 0.15) is 22.1 Å². The van der Waals surface area contributed by atoms with Crippen molar-refractivity contribution < 1.29 is 19.2 Å². The van der Waals surface area contributed by atoms with Crippen LogP contribution < -0.4 is 4.74 Å². The molecule has 0 spiro atoms. The Bertz CT molecular complexity index is 582. The van der Waals surface area contributed by atoms with Gasteiger partial charge in [-0.05, 0) is 41.1 Å². The first-order chi connectivity index (χ1) is 8.56. The molecule has 0 fully saturated rings. The third-order valence-electron chi connectivity index (χ3n) is 2.10. The molecule has 18 heavy (non-hydrogen) atoms. The van der Waals surface area contributed by atoms with E-state index in [2.05, 4.69) is 26.1 Å². The predicted octanol–water partition coefficient (Wildman–Crippen LogP) is 2.42. The largest absolute Gasteiger partial charge is 0.484 e. The number of hydrogen-bond acceptors (Lipinski definition) is 5. The molecule has 0 atom stereocenters. The summed E-state index contributed by atoms with van der Waals surface area (Å²) in [7, 11) is 0. The fraction of sp³-hybridized carbons (Fsp3) is 0.182. The lowest BCUT2D eigenvalue weighted by Crippen LogP contribution is -2.00. The average molecular weight is 313 g/mol. The summed E-state index contributed by atoms with van der Waals surface area (Å²) in [5.41, 5.74) is 0.134. The molecule has 0 aliphatic carbocycles. The summed E-state index contributed by atoms with van der Waals surface area (Å²) in [4.78, 5) is 14.9. The van der Waals surface area contributed by atoms with Crippen molar-refractivity contribution in [2.24, 2.45) is 0 Å². The Balaban J connectivity index is 2.10. The molecule has 94 valence electrons. The van der Waals surface area contributed by atoms with Crippen LogP contribution in [-0.2, 0) is 6.61 Å². The molecule has 0 aliphatic heterocycles. The van der Waals surface area contributed by atoms with Gasteiger partial charge in [0, 0.05) is 4.47 Å². The second kappa shape index (κ2) is 5.18. The summed E-state index contributed by atoms with van der Waals surface area (Å²) >= 11 is 3.15. The Morgan fingerprint density at radius 3 is 2.94 bits per heavy atom. The first-order valence-electron chi connectivity index (χ1n) is 5.01. The van der Waals surface area contributed by atoms with Gasteiger partial charge >= 0.3 is 5.97 Å². The maximum atomic E-state index is 10.9. The van der Waals surface area contributed by atoms with Crippen molar-refractivity contribution in [3.63, 3.8) is 0 Å². The van der Waals surface area contributed by atoms with Crippen molar-refractivity contribution in [2.75, 3.05) is 0 Å². The van der Waals surface area contributed by atoms with E-state index in [1.165, 1.54) is 6.07 Å². The van der Waals surface area contributed by atoms with E-state index in [4.69, 9.17) is 14.4 Å². The normalized spacial score (nSPS) is 10.3. The third kappa shape index (κ3) is 2.86. The molecular formula is C11H9BrN2O4. The van der Waals surface area contributed by atoms with Gasteiger partial charge in [0.15, 0.2) is 12.4 Å². The minimum atomic E-state index is -1.03. The van der Waals surface area contributed by atoms with Crippen LogP contribution in [0.2, 0.25) is 0 Å². The molecule has 7 heteroatoms. The molecule has 1 heterocycles. The number of hydrogen-bond donors (Lipinski definition) is 1. The lowest BCUT2D eigenvalue weighted by Gasteiger charge is -2.05. The summed E-state index contributed by atoms with van der Waals surface area (Å²) in [6.45, 7) is 1.80. The Labute approximate surface area is 111 Å². The fourth-order valence-corrected chi connectivity index (χ4v) is 1.72. The number of carbonyl (C=O) groups is 1. The van der Waals surface area contributed by atoms with Gasteiger partial charge in [-0.15, -0.1) is 0 Å². The standard InChI is InChI=1S/C11H9BrN2O4/c1-6-13-10(18-14-6)5-17-7-2-3-9(12)8(4-7)11(15)16/h2-4H,5H2,1H3,(H,15,16). The van der Waals surface area contributed by atoms with Crippen LogP contribution >= 0.6 is 15.9 Å². The number of halogens is 1. The molecule has 0 saturated heterocycles. The van der Waals surface area contributed by atoms with Crippen molar-refractivity contribution in [3.8, 4) is 5.75 Å². The van der Waals surface area contributed by atoms with Crippen LogP contribution in [0.4, 0.5) is 0 Å². The van der Waals surface area contributed by atoms with Crippen LogP contribution in [-0.4, -0.2) is 21.2 Å². The number of aryl methyl sites for hydroxylation is 1. The lowest BCUT2D eigenvalue weighted by atomic mass is 10.2. The Morgan fingerprint density at radius 1 is 1.56 bits per heavy atom. The smallest absolute Gasteiger partial charge is 0.336 e. The summed E-state index contributed by atoms with van der Waals surface area (Å²) in [5.74, 6) is 0.260. The third-order valence-corrected chi connectivity index (χ3v) is 2.79. The zero-order valence-corrected chi connectivity index (χ0v) is 11.0. The van der Waals surface area contributed by atoms with E-state index in [9.17, 15) is 4.79 Å². The maximum absolute atomic E-state index is 10.9. The van der Waals surface area contributed by atoms with Gasteiger partial charge in [-0.1, -0.05) is 5.16 Å². The van der Waals surface area contributed by atoms with Gasteiger partial charge in [0.2, 0.25) is 0 Å². The van der Waals surface area contributed by atoms with Crippen molar-refractivity contribution in [1.82, 2.24) is 10.1 Å². The number of carboxylic acid groups (broad SMARTS) is 1. The summed E-state index contributed by atoms with van der Waals surface area (Å²) in [6, 6.07) is 4.69. The van der Waals surface area contributed by atoms with Crippen molar-refractivity contribution in [3.05, 3.63) is 40.0 Å². The molecule has 1 aromatic heterocycles. The van der Waals surface area contributed by atoms with E-state index in [1.54, 1.807) is 19.1 Å². The van der Waals surface area contributed by atoms with E-state index in [0.717, 1.165) is 0 Å². The minimum Gasteiger partial charge on any atom is -0.484 e. The summed E-state index contributed by atoms with van der Waals surface area (Å²) in [6.07, 6.45) is 0. The molecule has 6 nitrogen and oxygen atoms in total. The van der Waals surface area contributed by atoms with Gasteiger partial charge in [0.1, 0.15) is 5.75 Å². The molecule has 1 aromatic carbocycles. The van der Waals surface area contributed by atoms with E-state index in [0.29, 0.717) is 21.9 Å².